The number of pyridine rings is 1. The molecule has 8 nitrogen and oxygen atoms in total. The van der Waals surface area contributed by atoms with E-state index in [0.29, 0.717) is 45.2 Å². The molecule has 29 heavy (non-hydrogen) atoms. The van der Waals surface area contributed by atoms with Gasteiger partial charge in [-0.25, -0.2) is 9.78 Å². The first-order chi connectivity index (χ1) is 14.0. The Morgan fingerprint density at radius 1 is 1.31 bits per heavy atom. The molecule has 1 aliphatic heterocycles. The van der Waals surface area contributed by atoms with E-state index in [1.165, 1.54) is 0 Å². The number of furan rings is 1. The van der Waals surface area contributed by atoms with Crippen LogP contribution in [-0.4, -0.2) is 37.0 Å². The van der Waals surface area contributed by atoms with Crippen LogP contribution in [0.15, 0.2) is 33.7 Å². The number of fused-ring (bicyclic) bond motifs is 3. The molecule has 2 atom stereocenters. The number of rotatable bonds is 3. The van der Waals surface area contributed by atoms with Crippen LogP contribution < -0.4 is 5.69 Å². The number of hydrogen-bond acceptors (Lipinski definition) is 6. The average molecular weight is 414 g/mol. The van der Waals surface area contributed by atoms with Gasteiger partial charge in [0.1, 0.15) is 21.9 Å². The molecule has 0 bridgehead atoms. The van der Waals surface area contributed by atoms with E-state index in [1.54, 1.807) is 33.8 Å². The summed E-state index contributed by atoms with van der Waals surface area (Å²) in [6.07, 6.45) is 5.95. The summed E-state index contributed by atoms with van der Waals surface area (Å²) in [6.45, 7) is 2.69. The van der Waals surface area contributed by atoms with Crippen LogP contribution in [0.25, 0.3) is 33.5 Å². The number of ether oxygens (including phenoxy) is 1. The molecule has 0 amide bonds. The molecule has 0 aliphatic carbocycles. The van der Waals surface area contributed by atoms with Crippen molar-refractivity contribution in [2.75, 3.05) is 6.61 Å². The van der Waals surface area contributed by atoms with Crippen molar-refractivity contribution in [3.63, 3.8) is 0 Å². The second-order valence-corrected chi connectivity index (χ2v) is 7.74. The first-order valence-corrected chi connectivity index (χ1v) is 10.0. The molecule has 150 valence electrons. The minimum Gasteiger partial charge on any atom is -0.450 e. The third-order valence-corrected chi connectivity index (χ3v) is 5.69. The average Bonchev–Trinajstić information content (AvgIpc) is 3.31. The maximum absolute atomic E-state index is 13.2. The van der Waals surface area contributed by atoms with Gasteiger partial charge in [-0.1, -0.05) is 18.5 Å². The SMILES string of the molecule is CC[C@H]1C[C@@H](n2c(=O)nc(-c3cnn(C)c3)c3oc4ccc(Cl)nc4c32)CCO1. The number of nitrogens with zero attached hydrogens (tertiary/aromatic N) is 5. The number of aromatic nitrogens is 5. The van der Waals surface area contributed by atoms with Crippen molar-refractivity contribution in [1.29, 1.82) is 0 Å². The number of hydrogen-bond donors (Lipinski definition) is 0. The van der Waals surface area contributed by atoms with Crippen LogP contribution >= 0.6 is 11.6 Å². The van der Waals surface area contributed by atoms with Gasteiger partial charge in [-0.2, -0.15) is 10.1 Å². The first-order valence-electron chi connectivity index (χ1n) is 9.67. The van der Waals surface area contributed by atoms with Gasteiger partial charge in [-0.3, -0.25) is 9.25 Å². The molecule has 5 heterocycles. The van der Waals surface area contributed by atoms with Gasteiger partial charge in [0.15, 0.2) is 11.2 Å². The lowest BCUT2D eigenvalue weighted by Gasteiger charge is -2.30. The van der Waals surface area contributed by atoms with Crippen molar-refractivity contribution in [2.45, 2.75) is 38.3 Å². The number of halogens is 1. The normalized spacial score (nSPS) is 20.0. The van der Waals surface area contributed by atoms with E-state index in [1.807, 2.05) is 7.05 Å². The van der Waals surface area contributed by atoms with Gasteiger partial charge in [0, 0.05) is 31.5 Å². The molecule has 0 unspecified atom stereocenters. The highest BCUT2D eigenvalue weighted by molar-refractivity contribution is 6.30. The third kappa shape index (κ3) is 3.03. The molecule has 4 aromatic rings. The van der Waals surface area contributed by atoms with E-state index in [0.717, 1.165) is 19.3 Å². The zero-order chi connectivity index (χ0) is 20.1. The minimum atomic E-state index is -0.331. The van der Waals surface area contributed by atoms with E-state index < -0.39 is 0 Å². The van der Waals surface area contributed by atoms with Gasteiger partial charge in [0.2, 0.25) is 0 Å². The summed E-state index contributed by atoms with van der Waals surface area (Å²) in [5.41, 5.74) is 3.12. The van der Waals surface area contributed by atoms with Crippen molar-refractivity contribution in [1.82, 2.24) is 24.3 Å². The molecule has 0 aromatic carbocycles. The molecule has 1 aliphatic rings. The Bertz CT molecular complexity index is 1270. The Hall–Kier alpha value is -2.71. The summed E-state index contributed by atoms with van der Waals surface area (Å²) in [7, 11) is 1.81. The lowest BCUT2D eigenvalue weighted by molar-refractivity contribution is -0.00710. The lowest BCUT2D eigenvalue weighted by Crippen LogP contribution is -2.34. The van der Waals surface area contributed by atoms with Crippen LogP contribution in [0, 0.1) is 0 Å². The molecule has 0 N–H and O–H groups in total. The van der Waals surface area contributed by atoms with Crippen LogP contribution in [0.4, 0.5) is 0 Å². The minimum absolute atomic E-state index is 0.0410. The zero-order valence-electron chi connectivity index (χ0n) is 16.1. The molecule has 5 rings (SSSR count). The fourth-order valence-electron chi connectivity index (χ4n) is 4.08. The molecule has 0 radical (unpaired) electrons. The van der Waals surface area contributed by atoms with E-state index in [2.05, 4.69) is 22.0 Å². The fourth-order valence-corrected chi connectivity index (χ4v) is 4.22. The largest absolute Gasteiger partial charge is 0.450 e. The Balaban J connectivity index is 1.83. The van der Waals surface area contributed by atoms with E-state index in [-0.39, 0.29) is 17.8 Å². The maximum atomic E-state index is 13.2. The highest BCUT2D eigenvalue weighted by atomic mass is 35.5. The quantitative estimate of drug-likeness (QED) is 0.475. The molecule has 4 aromatic heterocycles. The van der Waals surface area contributed by atoms with Crippen molar-refractivity contribution in [3.05, 3.63) is 40.2 Å². The summed E-state index contributed by atoms with van der Waals surface area (Å²) in [4.78, 5) is 22.1. The number of aryl methyl sites for hydroxylation is 1. The molecular formula is C20H20ClN5O3. The maximum Gasteiger partial charge on any atom is 0.349 e. The highest BCUT2D eigenvalue weighted by Gasteiger charge is 2.29. The third-order valence-electron chi connectivity index (χ3n) is 5.48. The summed E-state index contributed by atoms with van der Waals surface area (Å²) in [6, 6.07) is 3.40. The van der Waals surface area contributed by atoms with Crippen molar-refractivity contribution in [3.8, 4) is 11.3 Å². The van der Waals surface area contributed by atoms with Crippen LogP contribution in [0.5, 0.6) is 0 Å². The van der Waals surface area contributed by atoms with Gasteiger partial charge < -0.3 is 9.15 Å². The molecular weight excluding hydrogens is 394 g/mol. The topological polar surface area (TPSA) is 88.0 Å². The van der Waals surface area contributed by atoms with E-state index in [9.17, 15) is 4.79 Å². The van der Waals surface area contributed by atoms with Gasteiger partial charge in [0.05, 0.1) is 12.3 Å². The molecule has 1 fully saturated rings. The van der Waals surface area contributed by atoms with E-state index in [4.69, 9.17) is 20.8 Å². The summed E-state index contributed by atoms with van der Waals surface area (Å²) < 4.78 is 15.3. The molecule has 1 saturated heterocycles. The van der Waals surface area contributed by atoms with Crippen molar-refractivity contribution in [2.24, 2.45) is 7.05 Å². The predicted octanol–water partition coefficient (Wildman–Crippen LogP) is 3.72. The second kappa shape index (κ2) is 6.96. The Kier molecular flexibility index (Phi) is 4.40. The molecule has 0 spiro atoms. The van der Waals surface area contributed by atoms with Crippen molar-refractivity contribution < 1.29 is 9.15 Å². The van der Waals surface area contributed by atoms with Crippen LogP contribution in [0.1, 0.15) is 32.2 Å². The summed E-state index contributed by atoms with van der Waals surface area (Å²) in [5.74, 6) is 0. The van der Waals surface area contributed by atoms with Gasteiger partial charge in [0.25, 0.3) is 0 Å². The highest BCUT2D eigenvalue weighted by Crippen LogP contribution is 2.36. The van der Waals surface area contributed by atoms with Crippen LogP contribution in [0.3, 0.4) is 0 Å². The summed E-state index contributed by atoms with van der Waals surface area (Å²) in [5, 5.41) is 4.55. The zero-order valence-corrected chi connectivity index (χ0v) is 16.9. The predicted molar refractivity (Wildman–Crippen MR) is 109 cm³/mol. The van der Waals surface area contributed by atoms with Crippen LogP contribution in [0.2, 0.25) is 5.15 Å². The van der Waals surface area contributed by atoms with Crippen LogP contribution in [-0.2, 0) is 11.8 Å². The Labute approximate surface area is 171 Å². The molecule has 0 saturated carbocycles. The lowest BCUT2D eigenvalue weighted by atomic mass is 10.0. The first kappa shape index (κ1) is 18.3. The second-order valence-electron chi connectivity index (χ2n) is 7.36. The van der Waals surface area contributed by atoms with Crippen molar-refractivity contribution >= 4 is 33.8 Å². The monoisotopic (exact) mass is 413 g/mol. The van der Waals surface area contributed by atoms with E-state index >= 15 is 0 Å². The van der Waals surface area contributed by atoms with Gasteiger partial charge in [-0.15, -0.1) is 0 Å². The fraction of sp³-hybridized carbons (Fsp3) is 0.400. The van der Waals surface area contributed by atoms with Gasteiger partial charge in [-0.05, 0) is 31.4 Å². The molecule has 9 heteroatoms. The standard InChI is InChI=1S/C20H20ClN5O3/c1-3-13-8-12(6-7-28-13)26-18-17-14(4-5-15(21)23-17)29-19(18)16(24-20(26)27)11-9-22-25(2)10-11/h4-5,9-10,12-13H,3,6-8H2,1-2H3/t12-,13-/m0/s1. The smallest absolute Gasteiger partial charge is 0.349 e. The Morgan fingerprint density at radius 3 is 2.93 bits per heavy atom. The Morgan fingerprint density at radius 2 is 2.17 bits per heavy atom. The van der Waals surface area contributed by atoms with Gasteiger partial charge >= 0.3 is 5.69 Å². The summed E-state index contributed by atoms with van der Waals surface area (Å²) >= 11 is 6.17.